The molecule has 0 radical (unpaired) electrons. The van der Waals surface area contributed by atoms with Gasteiger partial charge in [0.15, 0.2) is 0 Å². The molecule has 2 heterocycles. The Hall–Kier alpha value is -0.930. The van der Waals surface area contributed by atoms with E-state index >= 15 is 0 Å². The van der Waals surface area contributed by atoms with Gasteiger partial charge in [-0.15, -0.1) is 0 Å². The van der Waals surface area contributed by atoms with Crippen LogP contribution < -0.4 is 5.32 Å². The summed E-state index contributed by atoms with van der Waals surface area (Å²) < 4.78 is 13.2. The minimum Gasteiger partial charge on any atom is -0.316 e. The van der Waals surface area contributed by atoms with Crippen LogP contribution in [0.1, 0.15) is 37.2 Å². The van der Waals surface area contributed by atoms with E-state index in [4.69, 9.17) is 0 Å². The lowest BCUT2D eigenvalue weighted by atomic mass is 9.64. The minimum absolute atomic E-state index is 0.132. The van der Waals surface area contributed by atoms with Crippen LogP contribution in [0.5, 0.6) is 0 Å². The van der Waals surface area contributed by atoms with Crippen molar-refractivity contribution in [3.63, 3.8) is 0 Å². The first kappa shape index (κ1) is 14.0. The first-order chi connectivity index (χ1) is 9.70. The van der Waals surface area contributed by atoms with Gasteiger partial charge in [0, 0.05) is 12.5 Å². The number of nitrogens with one attached hydrogen (secondary N) is 1. The maximum Gasteiger partial charge on any atom is 0.123 e. The highest BCUT2D eigenvalue weighted by Crippen LogP contribution is 2.48. The van der Waals surface area contributed by atoms with E-state index in [-0.39, 0.29) is 5.82 Å². The summed E-state index contributed by atoms with van der Waals surface area (Å²) in [4.78, 5) is 2.46. The molecule has 1 aromatic rings. The van der Waals surface area contributed by atoms with Crippen LogP contribution in [0.25, 0.3) is 0 Å². The first-order valence-corrected chi connectivity index (χ1v) is 7.84. The van der Waals surface area contributed by atoms with Gasteiger partial charge in [0.1, 0.15) is 5.82 Å². The summed E-state index contributed by atoms with van der Waals surface area (Å²) in [7, 11) is 2.23. The topological polar surface area (TPSA) is 15.3 Å². The predicted octanol–water partition coefficient (Wildman–Crippen LogP) is 3.00. The molecule has 0 amide bonds. The summed E-state index contributed by atoms with van der Waals surface area (Å²) in [5.41, 5.74) is 1.72. The van der Waals surface area contributed by atoms with E-state index < -0.39 is 0 Å². The third-order valence-electron chi connectivity index (χ3n) is 5.37. The van der Waals surface area contributed by atoms with Gasteiger partial charge in [0.25, 0.3) is 0 Å². The molecule has 0 saturated carbocycles. The number of likely N-dealkylation sites (tertiary alicyclic amines) is 1. The van der Waals surface area contributed by atoms with Gasteiger partial charge in [-0.2, -0.15) is 0 Å². The fourth-order valence-corrected chi connectivity index (χ4v) is 4.09. The Balaban J connectivity index is 1.88. The van der Waals surface area contributed by atoms with Crippen LogP contribution >= 0.6 is 0 Å². The molecular weight excluding hydrogens is 251 g/mol. The quantitative estimate of drug-likeness (QED) is 0.848. The van der Waals surface area contributed by atoms with E-state index in [9.17, 15) is 4.39 Å². The van der Waals surface area contributed by atoms with Gasteiger partial charge < -0.3 is 10.2 Å². The SMILES string of the molecule is CN1CCCC2(CCNCC2c2ccc(F)cc2)CC1. The molecule has 3 rings (SSSR count). The summed E-state index contributed by atoms with van der Waals surface area (Å²) >= 11 is 0. The zero-order valence-electron chi connectivity index (χ0n) is 12.4. The third kappa shape index (κ3) is 2.75. The molecule has 0 bridgehead atoms. The Morgan fingerprint density at radius 3 is 2.75 bits per heavy atom. The highest BCUT2D eigenvalue weighted by Gasteiger charge is 2.41. The lowest BCUT2D eigenvalue weighted by Crippen LogP contribution is -2.44. The van der Waals surface area contributed by atoms with Crippen molar-refractivity contribution in [1.29, 1.82) is 0 Å². The van der Waals surface area contributed by atoms with E-state index in [1.54, 1.807) is 12.1 Å². The van der Waals surface area contributed by atoms with Crippen LogP contribution in [-0.4, -0.2) is 38.1 Å². The molecule has 2 aliphatic heterocycles. The van der Waals surface area contributed by atoms with Crippen molar-refractivity contribution in [1.82, 2.24) is 10.2 Å². The number of piperidine rings is 1. The molecule has 1 N–H and O–H groups in total. The normalized spacial score (nSPS) is 32.2. The van der Waals surface area contributed by atoms with E-state index in [0.29, 0.717) is 11.3 Å². The van der Waals surface area contributed by atoms with Crippen LogP contribution in [0, 0.1) is 11.2 Å². The molecule has 2 fully saturated rings. The van der Waals surface area contributed by atoms with Gasteiger partial charge in [0.05, 0.1) is 0 Å². The van der Waals surface area contributed by atoms with Crippen LogP contribution in [0.15, 0.2) is 24.3 Å². The second kappa shape index (κ2) is 5.82. The predicted molar refractivity (Wildman–Crippen MR) is 80.4 cm³/mol. The molecule has 2 unspecified atom stereocenters. The molecule has 1 spiro atoms. The number of rotatable bonds is 1. The Morgan fingerprint density at radius 2 is 1.95 bits per heavy atom. The van der Waals surface area contributed by atoms with E-state index in [1.807, 2.05) is 12.1 Å². The molecule has 0 aromatic heterocycles. The van der Waals surface area contributed by atoms with Crippen molar-refractivity contribution in [3.8, 4) is 0 Å². The largest absolute Gasteiger partial charge is 0.316 e. The fourth-order valence-electron chi connectivity index (χ4n) is 4.09. The van der Waals surface area contributed by atoms with E-state index in [2.05, 4.69) is 17.3 Å². The maximum absolute atomic E-state index is 13.2. The number of hydrogen-bond donors (Lipinski definition) is 1. The van der Waals surface area contributed by atoms with Gasteiger partial charge in [0.2, 0.25) is 0 Å². The molecule has 110 valence electrons. The Kier molecular flexibility index (Phi) is 4.08. The average Bonchev–Trinajstić information content (AvgIpc) is 2.64. The molecule has 2 saturated heterocycles. The summed E-state index contributed by atoms with van der Waals surface area (Å²) in [6.45, 7) is 4.57. The van der Waals surface area contributed by atoms with Gasteiger partial charge in [-0.3, -0.25) is 0 Å². The number of halogens is 1. The van der Waals surface area contributed by atoms with Gasteiger partial charge in [-0.25, -0.2) is 4.39 Å². The summed E-state index contributed by atoms with van der Waals surface area (Å²) in [6, 6.07) is 7.20. The molecule has 2 atom stereocenters. The molecule has 1 aromatic carbocycles. The van der Waals surface area contributed by atoms with Gasteiger partial charge >= 0.3 is 0 Å². The standard InChI is InChI=1S/C17H25FN2/c1-20-11-2-7-17(9-12-20)8-10-19-13-16(17)14-3-5-15(18)6-4-14/h3-6,16,19H,2,7-13H2,1H3. The van der Waals surface area contributed by atoms with Crippen LogP contribution in [-0.2, 0) is 0 Å². The molecular formula is C17H25FN2. The lowest BCUT2D eigenvalue weighted by Gasteiger charge is -2.45. The third-order valence-corrected chi connectivity index (χ3v) is 5.37. The van der Waals surface area contributed by atoms with Gasteiger partial charge in [-0.05, 0) is 75.5 Å². The number of benzene rings is 1. The monoisotopic (exact) mass is 276 g/mol. The molecule has 0 aliphatic carbocycles. The zero-order chi connectivity index (χ0) is 14.0. The maximum atomic E-state index is 13.2. The molecule has 2 aliphatic rings. The van der Waals surface area contributed by atoms with Crippen LogP contribution in [0.4, 0.5) is 4.39 Å². The van der Waals surface area contributed by atoms with Crippen molar-refractivity contribution >= 4 is 0 Å². The lowest BCUT2D eigenvalue weighted by molar-refractivity contribution is 0.137. The Morgan fingerprint density at radius 1 is 1.15 bits per heavy atom. The molecule has 3 heteroatoms. The average molecular weight is 276 g/mol. The summed E-state index contributed by atoms with van der Waals surface area (Å²) in [6.07, 6.45) is 5.12. The highest BCUT2D eigenvalue weighted by atomic mass is 19.1. The highest BCUT2D eigenvalue weighted by molar-refractivity contribution is 5.24. The zero-order valence-corrected chi connectivity index (χ0v) is 12.4. The number of nitrogens with zero attached hydrogens (tertiary/aromatic N) is 1. The van der Waals surface area contributed by atoms with E-state index in [0.717, 1.165) is 13.1 Å². The Labute approximate surface area is 121 Å². The summed E-state index contributed by atoms with van der Waals surface area (Å²) in [5, 5.41) is 3.54. The van der Waals surface area contributed by atoms with E-state index in [1.165, 1.54) is 44.3 Å². The Bertz CT molecular complexity index is 445. The van der Waals surface area contributed by atoms with Crippen LogP contribution in [0.3, 0.4) is 0 Å². The van der Waals surface area contributed by atoms with Crippen LogP contribution in [0.2, 0.25) is 0 Å². The van der Waals surface area contributed by atoms with Crippen molar-refractivity contribution in [2.45, 2.75) is 31.6 Å². The second-order valence-electron chi connectivity index (χ2n) is 6.58. The summed E-state index contributed by atoms with van der Waals surface area (Å²) in [5.74, 6) is 0.399. The molecule has 2 nitrogen and oxygen atoms in total. The van der Waals surface area contributed by atoms with Gasteiger partial charge in [-0.1, -0.05) is 12.1 Å². The van der Waals surface area contributed by atoms with Crippen molar-refractivity contribution < 1.29 is 4.39 Å². The number of hydrogen-bond acceptors (Lipinski definition) is 2. The van der Waals surface area contributed by atoms with Crippen molar-refractivity contribution in [3.05, 3.63) is 35.6 Å². The fraction of sp³-hybridized carbons (Fsp3) is 0.647. The van der Waals surface area contributed by atoms with Crippen molar-refractivity contribution in [2.24, 2.45) is 5.41 Å². The smallest absolute Gasteiger partial charge is 0.123 e. The first-order valence-electron chi connectivity index (χ1n) is 7.84. The minimum atomic E-state index is -0.132. The molecule has 20 heavy (non-hydrogen) atoms. The second-order valence-corrected chi connectivity index (χ2v) is 6.58. The van der Waals surface area contributed by atoms with Crippen molar-refractivity contribution in [2.75, 3.05) is 33.2 Å².